The lowest BCUT2D eigenvalue weighted by Crippen LogP contribution is -2.39. The number of benzene rings is 1. The van der Waals surface area contributed by atoms with Gasteiger partial charge in [0, 0.05) is 42.4 Å². The summed E-state index contributed by atoms with van der Waals surface area (Å²) < 4.78 is 0. The summed E-state index contributed by atoms with van der Waals surface area (Å²) in [5.74, 6) is -0.0921. The smallest absolute Gasteiger partial charge is 0.273 e. The van der Waals surface area contributed by atoms with Crippen LogP contribution in [0.25, 0.3) is 0 Å². The van der Waals surface area contributed by atoms with Gasteiger partial charge in [-0.2, -0.15) is 0 Å². The molecule has 2 aliphatic rings. The first-order valence-electron chi connectivity index (χ1n) is 7.35. The van der Waals surface area contributed by atoms with Crippen molar-refractivity contribution in [2.45, 2.75) is 38.3 Å². The van der Waals surface area contributed by atoms with Crippen LogP contribution in [0.15, 0.2) is 18.2 Å². The zero-order valence-electron chi connectivity index (χ0n) is 12.0. The van der Waals surface area contributed by atoms with Crippen molar-refractivity contribution in [3.63, 3.8) is 0 Å². The van der Waals surface area contributed by atoms with Crippen molar-refractivity contribution >= 4 is 11.6 Å². The quantitative estimate of drug-likeness (QED) is 0.666. The minimum atomic E-state index is -0.432. The number of carbonyl (C=O) groups excluding carboxylic acids is 1. The molecule has 0 saturated carbocycles. The molecule has 2 bridgehead atoms. The van der Waals surface area contributed by atoms with E-state index < -0.39 is 4.92 Å². The normalized spacial score (nSPS) is 24.7. The van der Waals surface area contributed by atoms with Crippen molar-refractivity contribution in [3.8, 4) is 0 Å². The van der Waals surface area contributed by atoms with Crippen LogP contribution < -0.4 is 5.32 Å². The van der Waals surface area contributed by atoms with Gasteiger partial charge in [-0.25, -0.2) is 0 Å². The highest BCUT2D eigenvalue weighted by Crippen LogP contribution is 2.25. The second-order valence-corrected chi connectivity index (χ2v) is 5.88. The molecule has 21 heavy (non-hydrogen) atoms. The summed E-state index contributed by atoms with van der Waals surface area (Å²) in [4.78, 5) is 25.1. The Bertz CT molecular complexity index is 588. The average molecular weight is 289 g/mol. The highest BCUT2D eigenvalue weighted by Gasteiger charge is 2.32. The molecule has 0 aliphatic carbocycles. The number of nitrogens with one attached hydrogen (secondary N) is 1. The van der Waals surface area contributed by atoms with Gasteiger partial charge in [-0.3, -0.25) is 14.9 Å². The van der Waals surface area contributed by atoms with Crippen molar-refractivity contribution in [3.05, 3.63) is 39.4 Å². The maximum atomic E-state index is 12.7. The molecule has 0 spiro atoms. The van der Waals surface area contributed by atoms with E-state index in [1.807, 2.05) is 4.90 Å². The Hall–Kier alpha value is -1.95. The number of amides is 1. The summed E-state index contributed by atoms with van der Waals surface area (Å²) in [5, 5.41) is 14.5. The number of rotatable bonds is 2. The third kappa shape index (κ3) is 2.63. The number of fused-ring (bicyclic) bond motifs is 2. The van der Waals surface area contributed by atoms with E-state index in [0.29, 0.717) is 29.8 Å². The van der Waals surface area contributed by atoms with Gasteiger partial charge >= 0.3 is 0 Å². The van der Waals surface area contributed by atoms with Crippen LogP contribution in [0, 0.1) is 17.0 Å². The van der Waals surface area contributed by atoms with Crippen LogP contribution in [0.1, 0.15) is 35.2 Å². The second-order valence-electron chi connectivity index (χ2n) is 5.88. The van der Waals surface area contributed by atoms with Gasteiger partial charge in [0.05, 0.1) is 4.92 Å². The zero-order valence-corrected chi connectivity index (χ0v) is 12.0. The summed E-state index contributed by atoms with van der Waals surface area (Å²) in [6.07, 6.45) is 3.24. The average Bonchev–Trinajstić information content (AvgIpc) is 2.77. The van der Waals surface area contributed by atoms with E-state index in [0.717, 1.165) is 19.4 Å². The summed E-state index contributed by atoms with van der Waals surface area (Å²) in [6, 6.07) is 5.58. The van der Waals surface area contributed by atoms with E-state index in [9.17, 15) is 14.9 Å². The molecular weight excluding hydrogens is 270 g/mol. The molecule has 1 aromatic carbocycles. The van der Waals surface area contributed by atoms with Crippen LogP contribution >= 0.6 is 0 Å². The lowest BCUT2D eigenvalue weighted by Gasteiger charge is -2.25. The molecule has 6 heteroatoms. The predicted molar refractivity (Wildman–Crippen MR) is 78.3 cm³/mol. The molecule has 2 saturated heterocycles. The third-order valence-electron chi connectivity index (χ3n) is 4.54. The first kappa shape index (κ1) is 14.0. The van der Waals surface area contributed by atoms with Gasteiger partial charge in [0.2, 0.25) is 0 Å². The van der Waals surface area contributed by atoms with E-state index >= 15 is 0 Å². The number of likely N-dealkylation sites (tertiary alicyclic amines) is 1. The van der Waals surface area contributed by atoms with E-state index in [4.69, 9.17) is 0 Å². The van der Waals surface area contributed by atoms with E-state index in [1.54, 1.807) is 19.1 Å². The Kier molecular flexibility index (Phi) is 3.63. The van der Waals surface area contributed by atoms with Crippen molar-refractivity contribution in [2.24, 2.45) is 0 Å². The van der Waals surface area contributed by atoms with E-state index in [-0.39, 0.29) is 11.6 Å². The van der Waals surface area contributed by atoms with Gasteiger partial charge in [0.15, 0.2) is 0 Å². The summed E-state index contributed by atoms with van der Waals surface area (Å²) in [5.41, 5.74) is 0.909. The molecule has 2 atom stereocenters. The van der Waals surface area contributed by atoms with Crippen molar-refractivity contribution in [1.29, 1.82) is 0 Å². The predicted octanol–water partition coefficient (Wildman–Crippen LogP) is 1.87. The van der Waals surface area contributed by atoms with Crippen LogP contribution in [0.4, 0.5) is 5.69 Å². The van der Waals surface area contributed by atoms with Gasteiger partial charge in [0.1, 0.15) is 0 Å². The third-order valence-corrected chi connectivity index (χ3v) is 4.54. The Morgan fingerprint density at radius 3 is 2.86 bits per heavy atom. The Morgan fingerprint density at radius 2 is 2.10 bits per heavy atom. The maximum Gasteiger partial charge on any atom is 0.273 e. The van der Waals surface area contributed by atoms with Crippen LogP contribution in [-0.2, 0) is 0 Å². The summed E-state index contributed by atoms with van der Waals surface area (Å²) in [6.45, 7) is 3.06. The van der Waals surface area contributed by atoms with Gasteiger partial charge in [0.25, 0.3) is 11.6 Å². The van der Waals surface area contributed by atoms with E-state index in [1.165, 1.54) is 12.5 Å². The Labute approximate surface area is 123 Å². The first-order valence-corrected chi connectivity index (χ1v) is 7.35. The number of nitro groups is 1. The van der Waals surface area contributed by atoms with Crippen LogP contribution in [0.5, 0.6) is 0 Å². The lowest BCUT2D eigenvalue weighted by molar-refractivity contribution is -0.385. The monoisotopic (exact) mass is 289 g/mol. The van der Waals surface area contributed by atoms with Gasteiger partial charge in [-0.1, -0.05) is 6.07 Å². The summed E-state index contributed by atoms with van der Waals surface area (Å²) >= 11 is 0. The number of nitro benzene ring substituents is 1. The number of nitrogens with zero attached hydrogens (tertiary/aromatic N) is 2. The molecule has 6 nitrogen and oxygen atoms in total. The molecule has 1 amide bonds. The Balaban J connectivity index is 1.85. The van der Waals surface area contributed by atoms with Crippen LogP contribution in [0.2, 0.25) is 0 Å². The van der Waals surface area contributed by atoms with E-state index in [2.05, 4.69) is 5.32 Å². The van der Waals surface area contributed by atoms with Gasteiger partial charge in [-0.15, -0.1) is 0 Å². The largest absolute Gasteiger partial charge is 0.337 e. The topological polar surface area (TPSA) is 75.5 Å². The molecule has 2 unspecified atom stereocenters. The number of hydrogen-bond acceptors (Lipinski definition) is 4. The molecule has 0 aromatic heterocycles. The molecule has 112 valence electrons. The molecule has 2 aliphatic heterocycles. The summed E-state index contributed by atoms with van der Waals surface area (Å²) in [7, 11) is 0. The Morgan fingerprint density at radius 1 is 1.33 bits per heavy atom. The van der Waals surface area contributed by atoms with Crippen molar-refractivity contribution in [2.75, 3.05) is 13.1 Å². The van der Waals surface area contributed by atoms with Crippen molar-refractivity contribution < 1.29 is 9.72 Å². The minimum Gasteiger partial charge on any atom is -0.337 e. The zero-order chi connectivity index (χ0) is 15.0. The van der Waals surface area contributed by atoms with Gasteiger partial charge < -0.3 is 10.2 Å². The fourth-order valence-electron chi connectivity index (χ4n) is 3.35. The molecular formula is C15H19N3O3. The highest BCUT2D eigenvalue weighted by molar-refractivity contribution is 5.96. The molecule has 2 fully saturated rings. The minimum absolute atomic E-state index is 0.00955. The molecule has 2 heterocycles. The first-order chi connectivity index (χ1) is 10.1. The second kappa shape index (κ2) is 5.44. The van der Waals surface area contributed by atoms with Crippen molar-refractivity contribution in [1.82, 2.24) is 10.2 Å². The van der Waals surface area contributed by atoms with Crippen LogP contribution in [0.3, 0.4) is 0 Å². The highest BCUT2D eigenvalue weighted by atomic mass is 16.6. The number of hydrogen-bond donors (Lipinski definition) is 1. The number of carbonyl (C=O) groups is 1. The fraction of sp³-hybridized carbons (Fsp3) is 0.533. The van der Waals surface area contributed by atoms with Crippen LogP contribution in [-0.4, -0.2) is 40.9 Å². The molecule has 3 rings (SSSR count). The molecule has 1 N–H and O–H groups in total. The lowest BCUT2D eigenvalue weighted by atomic mass is 10.0. The van der Waals surface area contributed by atoms with Gasteiger partial charge in [-0.05, 0) is 32.3 Å². The maximum absolute atomic E-state index is 12.7. The SMILES string of the molecule is Cc1c(C(=O)N2CCC3CCC(C2)N3)cccc1[N+](=O)[O-]. The fourth-order valence-corrected chi connectivity index (χ4v) is 3.35. The molecule has 1 aromatic rings. The standard InChI is InChI=1S/C15H19N3O3/c1-10-13(3-2-4-14(10)18(20)21)15(19)17-8-7-11-5-6-12(9-17)16-11/h2-4,11-12,16H,5-9H2,1H3. The molecule has 0 radical (unpaired) electrons.